The topological polar surface area (TPSA) is 93.0 Å². The van der Waals surface area contributed by atoms with Crippen LogP contribution < -0.4 is 10.6 Å². The molecule has 0 aliphatic rings. The highest BCUT2D eigenvalue weighted by molar-refractivity contribution is 6.36. The Balaban J connectivity index is 1.99. The Morgan fingerprint density at radius 3 is 2.28 bits per heavy atom. The van der Waals surface area contributed by atoms with Gasteiger partial charge in [-0.2, -0.15) is 0 Å². The van der Waals surface area contributed by atoms with E-state index >= 15 is 0 Å². The minimum absolute atomic E-state index is 0.0163. The van der Waals surface area contributed by atoms with E-state index in [1.807, 2.05) is 18.2 Å². The van der Waals surface area contributed by atoms with Crippen molar-refractivity contribution >= 4 is 51.9 Å². The van der Waals surface area contributed by atoms with Crippen LogP contribution in [0.5, 0.6) is 0 Å². The second-order valence-electron chi connectivity index (χ2n) is 4.92. The van der Waals surface area contributed by atoms with Gasteiger partial charge in [0.05, 0.1) is 15.6 Å². The lowest BCUT2D eigenvalue weighted by Crippen LogP contribution is -2.05. The quantitative estimate of drug-likeness (QED) is 0.471. The Labute approximate surface area is 152 Å². The van der Waals surface area contributed by atoms with Crippen molar-refractivity contribution in [3.8, 4) is 0 Å². The highest BCUT2D eigenvalue weighted by atomic mass is 35.5. The molecule has 0 saturated carbocycles. The zero-order valence-corrected chi connectivity index (χ0v) is 14.1. The number of anilines is 4. The minimum atomic E-state index is -0.558. The average molecular weight is 376 g/mol. The zero-order valence-electron chi connectivity index (χ0n) is 12.6. The highest BCUT2D eigenvalue weighted by Crippen LogP contribution is 2.35. The van der Waals surface area contributed by atoms with Gasteiger partial charge in [0.25, 0.3) is 0 Å². The van der Waals surface area contributed by atoms with Gasteiger partial charge >= 0.3 is 5.69 Å². The molecule has 3 rings (SSSR count). The predicted octanol–water partition coefficient (Wildman–Crippen LogP) is 5.18. The molecule has 1 heterocycles. The first kappa shape index (κ1) is 16.9. The standard InChI is InChI=1S/C16H11Cl2N5O2/c17-10-6-7-13(12(18)8-10)22-16-14(23(24)25)15(19-9-20-16)21-11-4-2-1-3-5-11/h1-9H,(H2,19,20,21,22). The number of halogens is 2. The van der Waals surface area contributed by atoms with Gasteiger partial charge in [0, 0.05) is 10.7 Å². The molecular formula is C16H11Cl2N5O2. The summed E-state index contributed by atoms with van der Waals surface area (Å²) < 4.78 is 0. The number of rotatable bonds is 5. The van der Waals surface area contributed by atoms with Crippen molar-refractivity contribution in [1.29, 1.82) is 0 Å². The molecule has 0 aliphatic heterocycles. The summed E-state index contributed by atoms with van der Waals surface area (Å²) in [5.41, 5.74) is 0.815. The zero-order chi connectivity index (χ0) is 17.8. The Morgan fingerprint density at radius 1 is 0.960 bits per heavy atom. The van der Waals surface area contributed by atoms with Crippen LogP contribution in [0.25, 0.3) is 0 Å². The van der Waals surface area contributed by atoms with Gasteiger partial charge in [0.2, 0.25) is 11.6 Å². The van der Waals surface area contributed by atoms with E-state index in [-0.39, 0.29) is 17.3 Å². The molecule has 0 spiro atoms. The molecule has 3 aromatic rings. The van der Waals surface area contributed by atoms with E-state index in [0.29, 0.717) is 21.4 Å². The summed E-state index contributed by atoms with van der Waals surface area (Å²) in [6.07, 6.45) is 1.23. The average Bonchev–Trinajstić information content (AvgIpc) is 2.58. The van der Waals surface area contributed by atoms with E-state index < -0.39 is 4.92 Å². The Morgan fingerprint density at radius 2 is 1.64 bits per heavy atom. The lowest BCUT2D eigenvalue weighted by molar-refractivity contribution is -0.383. The van der Waals surface area contributed by atoms with Gasteiger partial charge in [-0.1, -0.05) is 41.4 Å². The lowest BCUT2D eigenvalue weighted by atomic mass is 10.3. The van der Waals surface area contributed by atoms with Crippen molar-refractivity contribution in [1.82, 2.24) is 9.97 Å². The molecule has 25 heavy (non-hydrogen) atoms. The van der Waals surface area contributed by atoms with Crippen LogP contribution >= 0.6 is 23.2 Å². The van der Waals surface area contributed by atoms with Gasteiger partial charge in [0.15, 0.2) is 0 Å². The number of benzene rings is 2. The second-order valence-corrected chi connectivity index (χ2v) is 5.76. The van der Waals surface area contributed by atoms with Gasteiger partial charge in [-0.25, -0.2) is 9.97 Å². The fourth-order valence-electron chi connectivity index (χ4n) is 2.11. The maximum absolute atomic E-state index is 11.6. The van der Waals surface area contributed by atoms with Crippen molar-refractivity contribution in [3.63, 3.8) is 0 Å². The summed E-state index contributed by atoms with van der Waals surface area (Å²) in [6, 6.07) is 13.8. The Hall–Kier alpha value is -2.90. The smallest absolute Gasteiger partial charge is 0.334 e. The first-order valence-electron chi connectivity index (χ1n) is 7.08. The first-order chi connectivity index (χ1) is 12.0. The van der Waals surface area contributed by atoms with E-state index in [1.165, 1.54) is 12.4 Å². The van der Waals surface area contributed by atoms with Gasteiger partial charge < -0.3 is 10.6 Å². The normalized spacial score (nSPS) is 10.3. The second kappa shape index (κ2) is 7.33. The molecule has 9 heteroatoms. The van der Waals surface area contributed by atoms with Crippen LogP contribution in [0.1, 0.15) is 0 Å². The molecule has 2 N–H and O–H groups in total. The number of hydrogen-bond acceptors (Lipinski definition) is 6. The number of aromatic nitrogens is 2. The number of nitrogens with one attached hydrogen (secondary N) is 2. The minimum Gasteiger partial charge on any atom is -0.334 e. The summed E-state index contributed by atoms with van der Waals surface area (Å²) in [7, 11) is 0. The molecule has 0 bridgehead atoms. The van der Waals surface area contributed by atoms with Crippen molar-refractivity contribution < 1.29 is 4.92 Å². The maximum atomic E-state index is 11.6. The lowest BCUT2D eigenvalue weighted by Gasteiger charge is -2.11. The number of nitrogens with zero attached hydrogens (tertiary/aromatic N) is 3. The van der Waals surface area contributed by atoms with Crippen molar-refractivity contribution in [3.05, 3.63) is 75.0 Å². The molecular weight excluding hydrogens is 365 g/mol. The molecule has 1 aromatic heterocycles. The third kappa shape index (κ3) is 3.96. The fraction of sp³-hybridized carbons (Fsp3) is 0. The molecule has 0 saturated heterocycles. The Kier molecular flexibility index (Phi) is 4.97. The van der Waals surface area contributed by atoms with Gasteiger partial charge in [-0.15, -0.1) is 0 Å². The summed E-state index contributed by atoms with van der Waals surface area (Å²) >= 11 is 12.0. The largest absolute Gasteiger partial charge is 0.353 e. The van der Waals surface area contributed by atoms with Crippen LogP contribution in [0.15, 0.2) is 54.9 Å². The summed E-state index contributed by atoms with van der Waals surface area (Å²) in [4.78, 5) is 18.9. The van der Waals surface area contributed by atoms with E-state index in [0.717, 1.165) is 0 Å². The number of para-hydroxylation sites is 1. The van der Waals surface area contributed by atoms with Gasteiger partial charge in [0.1, 0.15) is 6.33 Å². The summed E-state index contributed by atoms with van der Waals surface area (Å²) in [5.74, 6) is 0.0847. The molecule has 0 fully saturated rings. The van der Waals surface area contributed by atoms with Crippen molar-refractivity contribution in [2.24, 2.45) is 0 Å². The monoisotopic (exact) mass is 375 g/mol. The Bertz CT molecular complexity index is 922. The van der Waals surface area contributed by atoms with Crippen LogP contribution in [0.4, 0.5) is 28.7 Å². The molecule has 7 nitrogen and oxygen atoms in total. The molecule has 0 amide bonds. The molecule has 2 aromatic carbocycles. The molecule has 0 atom stereocenters. The number of hydrogen-bond donors (Lipinski definition) is 2. The molecule has 0 aliphatic carbocycles. The summed E-state index contributed by atoms with van der Waals surface area (Å²) in [5, 5.41) is 18.1. The summed E-state index contributed by atoms with van der Waals surface area (Å²) in [6.45, 7) is 0. The SMILES string of the molecule is O=[N+]([O-])c1c(Nc2ccccc2)ncnc1Nc1ccc(Cl)cc1Cl. The highest BCUT2D eigenvalue weighted by Gasteiger charge is 2.23. The first-order valence-corrected chi connectivity index (χ1v) is 7.83. The van der Waals surface area contributed by atoms with E-state index in [9.17, 15) is 10.1 Å². The number of nitro groups is 1. The van der Waals surface area contributed by atoms with Crippen LogP contribution in [-0.4, -0.2) is 14.9 Å². The molecule has 126 valence electrons. The maximum Gasteiger partial charge on any atom is 0.353 e. The van der Waals surface area contributed by atoms with Gasteiger partial charge in [-0.05, 0) is 30.3 Å². The van der Waals surface area contributed by atoms with Crippen molar-refractivity contribution in [2.75, 3.05) is 10.6 Å². The van der Waals surface area contributed by atoms with Crippen LogP contribution in [0.3, 0.4) is 0 Å². The fourth-order valence-corrected chi connectivity index (χ4v) is 2.57. The molecule has 0 unspecified atom stereocenters. The van der Waals surface area contributed by atoms with Crippen LogP contribution in [0.2, 0.25) is 10.0 Å². The van der Waals surface area contributed by atoms with Crippen LogP contribution in [-0.2, 0) is 0 Å². The van der Waals surface area contributed by atoms with E-state index in [1.54, 1.807) is 24.3 Å². The van der Waals surface area contributed by atoms with Gasteiger partial charge in [-0.3, -0.25) is 10.1 Å². The van der Waals surface area contributed by atoms with Crippen molar-refractivity contribution in [2.45, 2.75) is 0 Å². The third-order valence-corrected chi connectivity index (χ3v) is 3.77. The van der Waals surface area contributed by atoms with E-state index in [2.05, 4.69) is 20.6 Å². The van der Waals surface area contributed by atoms with E-state index in [4.69, 9.17) is 23.2 Å². The predicted molar refractivity (Wildman–Crippen MR) is 98.2 cm³/mol. The van der Waals surface area contributed by atoms with Crippen LogP contribution in [0, 0.1) is 10.1 Å². The third-order valence-electron chi connectivity index (χ3n) is 3.23. The molecule has 0 radical (unpaired) electrons.